The molecule has 1 nitrogen and oxygen atoms in total. The third-order valence-electron chi connectivity index (χ3n) is 10.1. The molecule has 0 heterocycles. The molecule has 9 rings (SSSR count). The third-order valence-corrected chi connectivity index (χ3v) is 10.1. The summed E-state index contributed by atoms with van der Waals surface area (Å²) in [4.78, 5) is 2.34. The van der Waals surface area contributed by atoms with Gasteiger partial charge in [-0.15, -0.1) is 0 Å². The molecule has 0 saturated heterocycles. The normalized spacial score (nSPS) is 13.2. The molecule has 0 aromatic heterocycles. The summed E-state index contributed by atoms with van der Waals surface area (Å²) in [7, 11) is 0. The molecule has 8 aromatic rings. The van der Waals surface area contributed by atoms with Crippen LogP contribution in [0.3, 0.4) is 0 Å². The van der Waals surface area contributed by atoms with Gasteiger partial charge in [0.2, 0.25) is 0 Å². The third kappa shape index (κ3) is 4.22. The van der Waals surface area contributed by atoms with E-state index < -0.39 is 0 Å². The van der Waals surface area contributed by atoms with Crippen LogP contribution in [0.2, 0.25) is 0 Å². The van der Waals surface area contributed by atoms with Gasteiger partial charge in [0.05, 0.1) is 11.4 Å². The first kappa shape index (κ1) is 27.6. The number of hydrogen-bond acceptors (Lipinski definition) is 1. The number of anilines is 3. The molecule has 1 aliphatic rings. The Morgan fingerprint density at radius 3 is 1.89 bits per heavy atom. The molecule has 0 amide bonds. The highest BCUT2D eigenvalue weighted by Gasteiger charge is 2.36. The van der Waals surface area contributed by atoms with Gasteiger partial charge in [0.1, 0.15) is 5.82 Å². The summed E-state index contributed by atoms with van der Waals surface area (Å²) in [5.74, 6) is -0.252. The Hall–Kier alpha value is -5.73. The quantitative estimate of drug-likeness (QED) is 0.176. The molecule has 0 spiro atoms. The van der Waals surface area contributed by atoms with Gasteiger partial charge in [-0.05, 0) is 103 Å². The van der Waals surface area contributed by atoms with Gasteiger partial charge < -0.3 is 4.90 Å². The number of benzene rings is 8. The number of nitrogens with zero attached hydrogens (tertiary/aromatic N) is 1. The molecule has 0 radical (unpaired) electrons. The van der Waals surface area contributed by atoms with Crippen molar-refractivity contribution in [1.29, 1.82) is 0 Å². The monoisotopic (exact) mass is 605 g/mol. The SMILES string of the molecule is CC1(C)c2cccc3c(N(c4ccc(F)cc4)c4ccc(-c5ccccc5)cc4-c4ccccc4)cc4c5ccccc5cc1c4c23. The maximum atomic E-state index is 14.5. The van der Waals surface area contributed by atoms with E-state index in [4.69, 9.17) is 0 Å². The zero-order valence-corrected chi connectivity index (χ0v) is 26.3. The van der Waals surface area contributed by atoms with Crippen molar-refractivity contribution < 1.29 is 4.39 Å². The lowest BCUT2D eigenvalue weighted by Gasteiger charge is -2.30. The van der Waals surface area contributed by atoms with Gasteiger partial charge in [-0.1, -0.05) is 123 Å². The van der Waals surface area contributed by atoms with E-state index in [-0.39, 0.29) is 11.2 Å². The van der Waals surface area contributed by atoms with E-state index in [1.807, 2.05) is 18.2 Å². The molecular formula is C45H32FN. The minimum atomic E-state index is -0.252. The zero-order valence-electron chi connectivity index (χ0n) is 26.3. The topological polar surface area (TPSA) is 3.24 Å². The largest absolute Gasteiger partial charge is 0.309 e. The molecule has 224 valence electrons. The number of hydrogen-bond donors (Lipinski definition) is 0. The van der Waals surface area contributed by atoms with E-state index in [0.717, 1.165) is 39.3 Å². The van der Waals surface area contributed by atoms with E-state index in [1.165, 1.54) is 43.4 Å². The Labute approximate surface area is 274 Å². The van der Waals surface area contributed by atoms with Crippen molar-refractivity contribution in [3.05, 3.63) is 175 Å². The van der Waals surface area contributed by atoms with Crippen LogP contribution in [0.5, 0.6) is 0 Å². The molecule has 0 atom stereocenters. The van der Waals surface area contributed by atoms with Crippen LogP contribution in [-0.4, -0.2) is 0 Å². The van der Waals surface area contributed by atoms with Gasteiger partial charge in [-0.25, -0.2) is 4.39 Å². The van der Waals surface area contributed by atoms with Crippen molar-refractivity contribution >= 4 is 49.4 Å². The molecule has 0 aliphatic heterocycles. The summed E-state index contributed by atoms with van der Waals surface area (Å²) in [6.07, 6.45) is 0. The lowest BCUT2D eigenvalue weighted by Crippen LogP contribution is -2.15. The van der Waals surface area contributed by atoms with Gasteiger partial charge in [-0.2, -0.15) is 0 Å². The maximum absolute atomic E-state index is 14.5. The van der Waals surface area contributed by atoms with Gasteiger partial charge >= 0.3 is 0 Å². The van der Waals surface area contributed by atoms with Crippen LogP contribution in [0, 0.1) is 5.82 Å². The maximum Gasteiger partial charge on any atom is 0.123 e. The van der Waals surface area contributed by atoms with Crippen molar-refractivity contribution in [2.45, 2.75) is 19.3 Å². The van der Waals surface area contributed by atoms with E-state index in [0.29, 0.717) is 0 Å². The fraction of sp³-hybridized carbons (Fsp3) is 0.0667. The Morgan fingerprint density at radius 2 is 1.13 bits per heavy atom. The summed E-state index contributed by atoms with van der Waals surface area (Å²) >= 11 is 0. The van der Waals surface area contributed by atoms with Crippen molar-refractivity contribution in [3.8, 4) is 22.3 Å². The number of halogens is 1. The van der Waals surface area contributed by atoms with Crippen LogP contribution in [0.1, 0.15) is 25.0 Å². The summed E-state index contributed by atoms with van der Waals surface area (Å²) in [5, 5.41) is 7.56. The first-order valence-corrected chi connectivity index (χ1v) is 16.2. The first-order chi connectivity index (χ1) is 23.0. The molecule has 8 aromatic carbocycles. The number of rotatable bonds is 5. The lowest BCUT2D eigenvalue weighted by molar-refractivity contribution is 0.628. The minimum absolute atomic E-state index is 0.143. The molecule has 0 saturated carbocycles. The van der Waals surface area contributed by atoms with Crippen molar-refractivity contribution in [1.82, 2.24) is 0 Å². The zero-order chi connectivity index (χ0) is 31.7. The Morgan fingerprint density at radius 1 is 0.468 bits per heavy atom. The smallest absolute Gasteiger partial charge is 0.123 e. The van der Waals surface area contributed by atoms with Crippen molar-refractivity contribution in [2.24, 2.45) is 0 Å². The van der Waals surface area contributed by atoms with Crippen LogP contribution in [0.15, 0.2) is 158 Å². The predicted octanol–water partition coefficient (Wildman–Crippen LogP) is 12.7. The van der Waals surface area contributed by atoms with E-state index in [1.54, 1.807) is 12.1 Å². The second-order valence-electron chi connectivity index (χ2n) is 13.1. The van der Waals surface area contributed by atoms with Gasteiger partial charge in [0.25, 0.3) is 0 Å². The lowest BCUT2D eigenvalue weighted by atomic mass is 9.81. The standard InChI is InChI=1S/C45H32FN/c1-45(2)39-19-11-18-36-42(28-38-35-17-10-9-16-32(35)27-40(45)44(38)43(36)39)47(34-23-21-33(46)22-24-34)41-25-20-31(29-12-5-3-6-13-29)26-37(41)30-14-7-4-8-15-30/h3-28H,1-2H3. The fourth-order valence-corrected chi connectivity index (χ4v) is 7.78. The highest BCUT2D eigenvalue weighted by atomic mass is 19.1. The second-order valence-corrected chi connectivity index (χ2v) is 13.1. The van der Waals surface area contributed by atoms with Gasteiger partial charge in [0.15, 0.2) is 0 Å². The molecule has 2 heteroatoms. The number of fused-ring (bicyclic) bond motifs is 2. The summed E-state index contributed by atoms with van der Waals surface area (Å²) in [6.45, 7) is 4.69. The van der Waals surface area contributed by atoms with Crippen LogP contribution < -0.4 is 4.90 Å². The summed E-state index contributed by atoms with van der Waals surface area (Å²) in [5.41, 5.74) is 10.1. The Balaban J connectivity index is 1.42. The molecule has 0 unspecified atom stereocenters. The predicted molar refractivity (Wildman–Crippen MR) is 197 cm³/mol. The molecule has 0 N–H and O–H groups in total. The second kappa shape index (κ2) is 10.4. The van der Waals surface area contributed by atoms with Gasteiger partial charge in [-0.3, -0.25) is 0 Å². The van der Waals surface area contributed by atoms with Crippen LogP contribution in [0.25, 0.3) is 54.6 Å². The Kier molecular flexibility index (Phi) is 6.10. The van der Waals surface area contributed by atoms with Crippen LogP contribution in [-0.2, 0) is 5.41 Å². The van der Waals surface area contributed by atoms with E-state index >= 15 is 0 Å². The molecule has 47 heavy (non-hydrogen) atoms. The molecular weight excluding hydrogens is 574 g/mol. The summed E-state index contributed by atoms with van der Waals surface area (Å²) in [6, 6.07) is 55.0. The highest BCUT2D eigenvalue weighted by Crippen LogP contribution is 2.54. The van der Waals surface area contributed by atoms with E-state index in [2.05, 4.69) is 146 Å². The minimum Gasteiger partial charge on any atom is -0.309 e. The fourth-order valence-electron chi connectivity index (χ4n) is 7.78. The van der Waals surface area contributed by atoms with Crippen molar-refractivity contribution in [3.63, 3.8) is 0 Å². The summed E-state index contributed by atoms with van der Waals surface area (Å²) < 4.78 is 14.5. The average molecular weight is 606 g/mol. The Bertz CT molecular complexity index is 2480. The average Bonchev–Trinajstić information content (AvgIpc) is 3.35. The molecule has 0 fully saturated rings. The molecule has 1 aliphatic carbocycles. The first-order valence-electron chi connectivity index (χ1n) is 16.2. The van der Waals surface area contributed by atoms with Crippen molar-refractivity contribution in [2.75, 3.05) is 4.90 Å². The van der Waals surface area contributed by atoms with Crippen LogP contribution >= 0.6 is 0 Å². The molecule has 0 bridgehead atoms. The highest BCUT2D eigenvalue weighted by molar-refractivity contribution is 6.26. The van der Waals surface area contributed by atoms with Crippen LogP contribution in [0.4, 0.5) is 21.5 Å². The van der Waals surface area contributed by atoms with E-state index in [9.17, 15) is 4.39 Å². The van der Waals surface area contributed by atoms with Gasteiger partial charge in [0, 0.05) is 22.1 Å².